The van der Waals surface area contributed by atoms with Crippen LogP contribution in [0.5, 0.6) is 11.6 Å². The number of hydrogen-bond donors (Lipinski definition) is 1. The first-order valence-electron chi connectivity index (χ1n) is 7.69. The zero-order valence-electron chi connectivity index (χ0n) is 13.8. The second kappa shape index (κ2) is 8.72. The first kappa shape index (κ1) is 18.3. The molecule has 3 aromatic rings. The molecule has 0 unspecified atom stereocenters. The molecule has 6 nitrogen and oxygen atoms in total. The van der Waals surface area contributed by atoms with E-state index >= 15 is 0 Å². The number of nitrogens with one attached hydrogen (secondary N) is 1. The topological polar surface area (TPSA) is 77.0 Å². The van der Waals surface area contributed by atoms with Crippen LogP contribution in [0, 0.1) is 5.82 Å². The van der Waals surface area contributed by atoms with Crippen molar-refractivity contribution in [2.45, 2.75) is 23.1 Å². The Balaban J connectivity index is 1.62. The van der Waals surface area contributed by atoms with E-state index in [1.54, 1.807) is 42.9 Å². The second-order valence-electron chi connectivity index (χ2n) is 5.21. The summed E-state index contributed by atoms with van der Waals surface area (Å²) >= 11 is 2.73. The molecule has 2 heterocycles. The van der Waals surface area contributed by atoms with E-state index in [1.165, 1.54) is 35.2 Å². The molecule has 1 N–H and O–H groups in total. The smallest absolute Gasteiger partial charge is 0.233 e. The van der Waals surface area contributed by atoms with Gasteiger partial charge < -0.3 is 10.1 Å². The van der Waals surface area contributed by atoms with Gasteiger partial charge in [0.2, 0.25) is 11.8 Å². The minimum Gasteiger partial charge on any atom is -0.439 e. The van der Waals surface area contributed by atoms with Crippen molar-refractivity contribution in [3.63, 3.8) is 0 Å². The molecule has 134 valence electrons. The van der Waals surface area contributed by atoms with Crippen molar-refractivity contribution in [2.24, 2.45) is 0 Å². The largest absolute Gasteiger partial charge is 0.439 e. The van der Waals surface area contributed by atoms with Crippen molar-refractivity contribution < 1.29 is 13.9 Å². The zero-order valence-corrected chi connectivity index (χ0v) is 15.4. The maximum atomic E-state index is 13.3. The fraction of sp³-hybridized carbons (Fsp3) is 0.176. The number of halogens is 1. The van der Waals surface area contributed by atoms with E-state index in [-0.39, 0.29) is 17.7 Å². The standard InChI is InChI=1S/C17H15FN4O2S2/c1-11(26-17-22-21-10-25-17)15(23)20-9-12-4-3-7-19-16(12)24-14-6-2-5-13(18)8-14/h2-8,10-11H,9H2,1H3,(H,20,23)/t11-/m0/s1. The second-order valence-corrected chi connectivity index (χ2v) is 7.63. The van der Waals surface area contributed by atoms with Gasteiger partial charge in [-0.15, -0.1) is 10.2 Å². The molecule has 2 aromatic heterocycles. The van der Waals surface area contributed by atoms with Crippen LogP contribution in [-0.2, 0) is 11.3 Å². The van der Waals surface area contributed by atoms with Gasteiger partial charge in [0.05, 0.1) is 5.25 Å². The van der Waals surface area contributed by atoms with E-state index in [0.717, 1.165) is 4.34 Å². The molecule has 0 spiro atoms. The van der Waals surface area contributed by atoms with Crippen molar-refractivity contribution in [2.75, 3.05) is 0 Å². The van der Waals surface area contributed by atoms with Crippen molar-refractivity contribution >= 4 is 29.0 Å². The Kier molecular flexibility index (Phi) is 6.13. The summed E-state index contributed by atoms with van der Waals surface area (Å²) in [6.07, 6.45) is 1.58. The Hall–Kier alpha value is -2.52. The Bertz CT molecular complexity index is 877. The molecule has 3 rings (SSSR count). The van der Waals surface area contributed by atoms with Crippen LogP contribution >= 0.6 is 23.1 Å². The SMILES string of the molecule is C[C@H](Sc1nncs1)C(=O)NCc1cccnc1Oc1cccc(F)c1. The van der Waals surface area contributed by atoms with Crippen LogP contribution < -0.4 is 10.1 Å². The van der Waals surface area contributed by atoms with Gasteiger partial charge in [0, 0.05) is 24.4 Å². The average molecular weight is 390 g/mol. The maximum Gasteiger partial charge on any atom is 0.233 e. The molecule has 0 aliphatic carbocycles. The van der Waals surface area contributed by atoms with E-state index < -0.39 is 5.82 Å². The number of amides is 1. The van der Waals surface area contributed by atoms with Crippen LogP contribution in [0.4, 0.5) is 4.39 Å². The predicted octanol–water partition coefficient (Wildman–Crippen LogP) is 3.66. The number of aromatic nitrogens is 3. The minimum absolute atomic E-state index is 0.134. The molecule has 0 aliphatic rings. The Morgan fingerprint density at radius 3 is 3.04 bits per heavy atom. The molecule has 0 bridgehead atoms. The van der Waals surface area contributed by atoms with Gasteiger partial charge in [-0.3, -0.25) is 4.79 Å². The lowest BCUT2D eigenvalue weighted by Crippen LogP contribution is -2.30. The Labute approximate surface area is 157 Å². The number of nitrogens with zero attached hydrogens (tertiary/aromatic N) is 3. The van der Waals surface area contributed by atoms with Gasteiger partial charge in [-0.1, -0.05) is 35.2 Å². The molecule has 1 aromatic carbocycles. The molecule has 26 heavy (non-hydrogen) atoms. The molecule has 0 aliphatic heterocycles. The highest BCUT2D eigenvalue weighted by Gasteiger charge is 2.17. The van der Waals surface area contributed by atoms with Crippen LogP contribution in [0.15, 0.2) is 52.4 Å². The highest BCUT2D eigenvalue weighted by Crippen LogP contribution is 2.25. The lowest BCUT2D eigenvalue weighted by Gasteiger charge is -2.13. The highest BCUT2D eigenvalue weighted by molar-refractivity contribution is 8.02. The van der Waals surface area contributed by atoms with E-state index in [0.29, 0.717) is 17.2 Å². The Morgan fingerprint density at radius 1 is 1.38 bits per heavy atom. The monoisotopic (exact) mass is 390 g/mol. The number of benzene rings is 1. The van der Waals surface area contributed by atoms with Crippen molar-refractivity contribution in [1.82, 2.24) is 20.5 Å². The molecular formula is C17H15FN4O2S2. The van der Waals surface area contributed by atoms with Gasteiger partial charge in [-0.25, -0.2) is 9.37 Å². The van der Waals surface area contributed by atoms with Crippen molar-refractivity contribution in [1.29, 1.82) is 0 Å². The predicted molar refractivity (Wildman–Crippen MR) is 97.8 cm³/mol. The molecule has 0 saturated carbocycles. The van der Waals surface area contributed by atoms with Crippen LogP contribution in [0.3, 0.4) is 0 Å². The van der Waals surface area contributed by atoms with Gasteiger partial charge in [-0.05, 0) is 25.1 Å². The average Bonchev–Trinajstić information content (AvgIpc) is 3.13. The first-order chi connectivity index (χ1) is 12.6. The summed E-state index contributed by atoms with van der Waals surface area (Å²) < 4.78 is 19.7. The fourth-order valence-electron chi connectivity index (χ4n) is 2.04. The summed E-state index contributed by atoms with van der Waals surface area (Å²) in [4.78, 5) is 16.4. The number of hydrogen-bond acceptors (Lipinski definition) is 7. The van der Waals surface area contributed by atoms with Crippen LogP contribution in [-0.4, -0.2) is 26.3 Å². The van der Waals surface area contributed by atoms with Gasteiger partial charge in [0.25, 0.3) is 0 Å². The van der Waals surface area contributed by atoms with Gasteiger partial charge in [0.15, 0.2) is 4.34 Å². The number of rotatable bonds is 7. The number of carbonyl (C=O) groups excluding carboxylic acids is 1. The first-order valence-corrected chi connectivity index (χ1v) is 9.45. The molecule has 0 saturated heterocycles. The summed E-state index contributed by atoms with van der Waals surface area (Å²) in [5, 5.41) is 10.2. The number of pyridine rings is 1. The van der Waals surface area contributed by atoms with E-state index in [1.807, 2.05) is 0 Å². The minimum atomic E-state index is -0.393. The molecule has 1 amide bonds. The van der Waals surface area contributed by atoms with Crippen LogP contribution in [0.25, 0.3) is 0 Å². The molecule has 1 atom stereocenters. The maximum absolute atomic E-state index is 13.3. The third-order valence-electron chi connectivity index (χ3n) is 3.30. The summed E-state index contributed by atoms with van der Waals surface area (Å²) in [5.74, 6) is 0.140. The Morgan fingerprint density at radius 2 is 2.27 bits per heavy atom. The summed E-state index contributed by atoms with van der Waals surface area (Å²) in [5.41, 5.74) is 2.32. The lowest BCUT2D eigenvalue weighted by atomic mass is 10.2. The van der Waals surface area contributed by atoms with E-state index in [9.17, 15) is 9.18 Å². The molecule has 9 heteroatoms. The van der Waals surface area contributed by atoms with E-state index in [2.05, 4.69) is 20.5 Å². The number of ether oxygens (including phenoxy) is 1. The van der Waals surface area contributed by atoms with Gasteiger partial charge >= 0.3 is 0 Å². The van der Waals surface area contributed by atoms with Crippen LogP contribution in [0.1, 0.15) is 12.5 Å². The van der Waals surface area contributed by atoms with Gasteiger partial charge in [-0.2, -0.15) is 0 Å². The molecule has 0 radical (unpaired) electrons. The van der Waals surface area contributed by atoms with Crippen LogP contribution in [0.2, 0.25) is 0 Å². The normalized spacial score (nSPS) is 11.8. The quantitative estimate of drug-likeness (QED) is 0.621. The fourth-order valence-corrected chi connectivity index (χ4v) is 3.69. The molecular weight excluding hydrogens is 375 g/mol. The third-order valence-corrected chi connectivity index (χ3v) is 5.21. The van der Waals surface area contributed by atoms with Crippen molar-refractivity contribution in [3.8, 4) is 11.6 Å². The van der Waals surface area contributed by atoms with E-state index in [4.69, 9.17) is 4.74 Å². The third kappa shape index (κ3) is 4.99. The summed E-state index contributed by atoms with van der Waals surface area (Å²) in [6, 6.07) is 9.35. The number of thioether (sulfide) groups is 1. The zero-order chi connectivity index (χ0) is 18.4. The summed E-state index contributed by atoms with van der Waals surface area (Å²) in [6.45, 7) is 2.05. The molecule has 0 fully saturated rings. The van der Waals surface area contributed by atoms with Crippen molar-refractivity contribution in [3.05, 3.63) is 59.5 Å². The summed E-state index contributed by atoms with van der Waals surface area (Å²) in [7, 11) is 0. The lowest BCUT2D eigenvalue weighted by molar-refractivity contribution is -0.120. The number of carbonyl (C=O) groups is 1. The highest BCUT2D eigenvalue weighted by atomic mass is 32.2. The van der Waals surface area contributed by atoms with Gasteiger partial charge in [0.1, 0.15) is 17.1 Å².